The third-order valence-electron chi connectivity index (χ3n) is 9.63. The maximum absolute atomic E-state index is 13.2. The van der Waals surface area contributed by atoms with E-state index in [2.05, 4.69) is 30.4 Å². The van der Waals surface area contributed by atoms with E-state index in [1.807, 2.05) is 6.07 Å². The number of pyridine rings is 2. The first-order valence-corrected chi connectivity index (χ1v) is 19.8. The molecule has 6 aromatic rings. The number of hydrogen-bond acceptors (Lipinski definition) is 12. The standard InChI is InChI=1S/C21H20F3N5O3.C21H21F2N5O3/c22-21(23,24)14-31-15-7-8-25-19(12-15)32-16-4-3-11-28(13-16)20(30)17-5-1-2-6-18(17)29-26-9-10-27-29;22-19(23)14-30-15-7-8-24-20(12-15)31-16-4-3-11-27(13-16)21(29)17-5-1-2-6-18(17)28-25-9-10-26-28/h1-2,5-10,12,16H,3-4,11,13-14H2;1-2,5-10,12,16,19H,3-4,11,13-14H2/t2*16-/m11/s1. The Morgan fingerprint density at radius 3 is 1.52 bits per heavy atom. The van der Waals surface area contributed by atoms with Crippen LogP contribution in [-0.2, 0) is 0 Å². The highest BCUT2D eigenvalue weighted by Gasteiger charge is 2.31. The van der Waals surface area contributed by atoms with Crippen LogP contribution in [-0.4, -0.2) is 126 Å². The molecule has 2 saturated heterocycles. The molecule has 0 N–H and O–H groups in total. The first-order chi connectivity index (χ1) is 30.5. The van der Waals surface area contributed by atoms with Crippen molar-refractivity contribution in [2.75, 3.05) is 39.4 Å². The zero-order chi connectivity index (χ0) is 44.2. The van der Waals surface area contributed by atoms with Gasteiger partial charge < -0.3 is 28.7 Å². The minimum absolute atomic E-state index is 0.0108. The van der Waals surface area contributed by atoms with Crippen molar-refractivity contribution < 1.29 is 50.5 Å². The van der Waals surface area contributed by atoms with Gasteiger partial charge in [0.25, 0.3) is 18.2 Å². The fraction of sp³-hybridized carbons (Fsp3) is 0.333. The molecule has 0 radical (unpaired) electrons. The quantitative estimate of drug-likeness (QED) is 0.120. The summed E-state index contributed by atoms with van der Waals surface area (Å²) >= 11 is 0. The molecule has 2 atom stereocenters. The van der Waals surface area contributed by atoms with Crippen LogP contribution in [0.4, 0.5) is 22.0 Å². The van der Waals surface area contributed by atoms with Gasteiger partial charge in [-0.1, -0.05) is 24.3 Å². The highest BCUT2D eigenvalue weighted by molar-refractivity contribution is 5.98. The second kappa shape index (κ2) is 20.6. The minimum Gasteiger partial charge on any atom is -0.487 e. The van der Waals surface area contributed by atoms with Crippen molar-refractivity contribution in [1.29, 1.82) is 0 Å². The molecule has 0 aliphatic carbocycles. The van der Waals surface area contributed by atoms with E-state index in [9.17, 15) is 31.5 Å². The van der Waals surface area contributed by atoms with Crippen LogP contribution in [0.15, 0.2) is 110 Å². The van der Waals surface area contributed by atoms with Gasteiger partial charge in [-0.15, -0.1) is 0 Å². The molecule has 2 fully saturated rings. The van der Waals surface area contributed by atoms with Crippen molar-refractivity contribution in [1.82, 2.24) is 49.8 Å². The number of amides is 2. The number of likely N-dealkylation sites (tertiary alicyclic amines) is 2. The normalized spacial score (nSPS) is 16.5. The van der Waals surface area contributed by atoms with Gasteiger partial charge in [0.05, 0.1) is 60.4 Å². The van der Waals surface area contributed by atoms with Gasteiger partial charge in [0.1, 0.15) is 30.3 Å². The fourth-order valence-corrected chi connectivity index (χ4v) is 6.87. The lowest BCUT2D eigenvalue weighted by molar-refractivity contribution is -0.153. The van der Waals surface area contributed by atoms with Crippen LogP contribution < -0.4 is 18.9 Å². The number of hydrogen-bond donors (Lipinski definition) is 0. The average Bonchev–Trinajstić information content (AvgIpc) is 4.04. The Labute approximate surface area is 357 Å². The number of halogens is 5. The number of benzene rings is 2. The van der Waals surface area contributed by atoms with Gasteiger partial charge in [-0.05, 0) is 62.1 Å². The van der Waals surface area contributed by atoms with Gasteiger partial charge in [0.15, 0.2) is 6.61 Å². The lowest BCUT2D eigenvalue weighted by Gasteiger charge is -2.33. The number of para-hydroxylation sites is 2. The predicted molar refractivity (Wildman–Crippen MR) is 213 cm³/mol. The summed E-state index contributed by atoms with van der Waals surface area (Å²) in [6.07, 6.45) is 4.22. The average molecular weight is 877 g/mol. The third-order valence-corrected chi connectivity index (χ3v) is 9.63. The lowest BCUT2D eigenvalue weighted by Crippen LogP contribution is -2.44. The summed E-state index contributed by atoms with van der Waals surface area (Å²) < 4.78 is 83.3. The fourth-order valence-electron chi connectivity index (χ4n) is 6.87. The molecule has 2 aliphatic heterocycles. The maximum atomic E-state index is 13.2. The second-order valence-electron chi connectivity index (χ2n) is 14.2. The number of aromatic nitrogens is 8. The highest BCUT2D eigenvalue weighted by atomic mass is 19.4. The Morgan fingerprint density at radius 1 is 0.635 bits per heavy atom. The Hall–Kier alpha value is -7.19. The smallest absolute Gasteiger partial charge is 0.422 e. The molecule has 330 valence electrons. The van der Waals surface area contributed by atoms with Crippen LogP contribution in [0, 0.1) is 0 Å². The van der Waals surface area contributed by atoms with Crippen LogP contribution in [0.5, 0.6) is 23.3 Å². The van der Waals surface area contributed by atoms with E-state index < -0.39 is 25.8 Å². The summed E-state index contributed by atoms with van der Waals surface area (Å²) in [5, 5.41) is 16.5. The number of ether oxygens (including phenoxy) is 4. The number of piperidine rings is 2. The molecule has 2 amide bonds. The van der Waals surface area contributed by atoms with Crippen molar-refractivity contribution in [3.63, 3.8) is 0 Å². The Bertz CT molecular complexity index is 2410. The lowest BCUT2D eigenvalue weighted by atomic mass is 10.1. The van der Waals surface area contributed by atoms with E-state index in [0.717, 1.165) is 12.8 Å². The van der Waals surface area contributed by atoms with E-state index in [1.54, 1.807) is 64.7 Å². The molecule has 6 heterocycles. The van der Waals surface area contributed by atoms with Gasteiger partial charge in [-0.3, -0.25) is 9.59 Å². The zero-order valence-corrected chi connectivity index (χ0v) is 33.5. The molecule has 63 heavy (non-hydrogen) atoms. The topological polar surface area (TPSA) is 165 Å². The van der Waals surface area contributed by atoms with Crippen molar-refractivity contribution in [3.8, 4) is 34.6 Å². The molecule has 8 rings (SSSR count). The Balaban J connectivity index is 0.000000189. The van der Waals surface area contributed by atoms with Crippen LogP contribution >= 0.6 is 0 Å². The summed E-state index contributed by atoms with van der Waals surface area (Å²) in [6.45, 7) is -0.239. The molecule has 4 aromatic heterocycles. The number of nitrogens with zero attached hydrogens (tertiary/aromatic N) is 10. The van der Waals surface area contributed by atoms with Crippen molar-refractivity contribution >= 4 is 11.8 Å². The predicted octanol–water partition coefficient (Wildman–Crippen LogP) is 6.28. The van der Waals surface area contributed by atoms with E-state index in [0.29, 0.717) is 61.5 Å². The second-order valence-corrected chi connectivity index (χ2v) is 14.2. The number of carbonyl (C=O) groups excluding carboxylic acids is 2. The van der Waals surface area contributed by atoms with Gasteiger partial charge >= 0.3 is 6.18 Å². The molecule has 2 aliphatic rings. The third kappa shape index (κ3) is 12.2. The molecule has 0 saturated carbocycles. The Morgan fingerprint density at radius 2 is 1.08 bits per heavy atom. The molecule has 0 bridgehead atoms. The Kier molecular flexibility index (Phi) is 14.3. The van der Waals surface area contributed by atoms with E-state index in [-0.39, 0.29) is 47.3 Å². The molecule has 0 spiro atoms. The SMILES string of the molecule is O=C(c1ccccc1-n1nccn1)N1CCC[C@@H](Oc2cc(OCC(F)(F)F)ccn2)C1.O=C(c1ccccc1-n1nccn1)N1CCC[C@@H](Oc2cc(OCC(F)F)ccn2)C1. The summed E-state index contributed by atoms with van der Waals surface area (Å²) in [4.78, 5) is 40.8. The monoisotopic (exact) mass is 876 g/mol. The summed E-state index contributed by atoms with van der Waals surface area (Å²) in [6, 6.07) is 19.8. The number of alkyl halides is 5. The van der Waals surface area contributed by atoms with E-state index in [4.69, 9.17) is 18.9 Å². The van der Waals surface area contributed by atoms with Crippen molar-refractivity contribution in [2.24, 2.45) is 0 Å². The van der Waals surface area contributed by atoms with E-state index in [1.165, 1.54) is 58.6 Å². The van der Waals surface area contributed by atoms with Gasteiger partial charge in [0.2, 0.25) is 11.8 Å². The van der Waals surface area contributed by atoms with Crippen LogP contribution in [0.1, 0.15) is 46.4 Å². The molecule has 2 aromatic carbocycles. The van der Waals surface area contributed by atoms with Crippen LogP contribution in [0.3, 0.4) is 0 Å². The van der Waals surface area contributed by atoms with Crippen LogP contribution in [0.2, 0.25) is 0 Å². The largest absolute Gasteiger partial charge is 0.487 e. The maximum Gasteiger partial charge on any atom is 0.422 e. The molecule has 0 unspecified atom stereocenters. The first kappa shape index (κ1) is 43.9. The van der Waals surface area contributed by atoms with Gasteiger partial charge in [-0.25, -0.2) is 18.7 Å². The van der Waals surface area contributed by atoms with Crippen molar-refractivity contribution in [2.45, 2.75) is 50.5 Å². The highest BCUT2D eigenvalue weighted by Crippen LogP contribution is 2.26. The molecule has 21 heteroatoms. The van der Waals surface area contributed by atoms with Crippen molar-refractivity contribution in [3.05, 3.63) is 121 Å². The summed E-state index contributed by atoms with van der Waals surface area (Å²) in [5.41, 5.74) is 2.14. The van der Waals surface area contributed by atoms with Crippen LogP contribution in [0.25, 0.3) is 11.4 Å². The molecular formula is C42H41F5N10O6. The van der Waals surface area contributed by atoms with Gasteiger partial charge in [0, 0.05) is 37.6 Å². The molecular weight excluding hydrogens is 836 g/mol. The zero-order valence-electron chi connectivity index (χ0n) is 33.5. The summed E-state index contributed by atoms with van der Waals surface area (Å²) in [5.74, 6) is 0.369. The molecule has 16 nitrogen and oxygen atoms in total. The van der Waals surface area contributed by atoms with Gasteiger partial charge in [-0.2, -0.15) is 43.2 Å². The van der Waals surface area contributed by atoms with E-state index >= 15 is 0 Å². The number of rotatable bonds is 13. The summed E-state index contributed by atoms with van der Waals surface area (Å²) in [7, 11) is 0. The first-order valence-electron chi connectivity index (χ1n) is 19.8. The number of carbonyl (C=O) groups is 2. The minimum atomic E-state index is -4.43.